The first-order chi connectivity index (χ1) is 15.2. The molecule has 1 aromatic carbocycles. The highest BCUT2D eigenvalue weighted by Gasteiger charge is 2.37. The van der Waals surface area contributed by atoms with E-state index < -0.39 is 17.4 Å². The Morgan fingerprint density at radius 3 is 2.75 bits per heavy atom. The number of H-pyrrole nitrogens is 1. The molecule has 0 bridgehead atoms. The standard InChI is InChI=1S/C23H25FN6O2/c1-12(2)6-7-30-19(9-17-21(22(30)32)13(3)27-23(25)29-17)15-5-4-14(24)8-16(15)18-10-26-11-20(31)28-18/h4-5,8,10-12,19H,6-7,9H2,1-3H3,(H,28,31)(H2,25,27,29). The van der Waals surface area contributed by atoms with Gasteiger partial charge in [0.2, 0.25) is 5.95 Å². The number of benzene rings is 1. The summed E-state index contributed by atoms with van der Waals surface area (Å²) in [5.74, 6) is -0.133. The summed E-state index contributed by atoms with van der Waals surface area (Å²) in [6, 6.07) is 3.94. The third-order valence-electron chi connectivity index (χ3n) is 5.68. The van der Waals surface area contributed by atoms with E-state index in [0.717, 1.165) is 12.6 Å². The molecule has 1 unspecified atom stereocenters. The van der Waals surface area contributed by atoms with E-state index in [0.29, 0.717) is 52.7 Å². The third kappa shape index (κ3) is 4.10. The van der Waals surface area contributed by atoms with E-state index in [1.54, 1.807) is 17.9 Å². The lowest BCUT2D eigenvalue weighted by molar-refractivity contribution is 0.0633. The molecule has 3 aromatic rings. The van der Waals surface area contributed by atoms with E-state index in [2.05, 4.69) is 33.8 Å². The van der Waals surface area contributed by atoms with Crippen molar-refractivity contribution in [2.24, 2.45) is 5.92 Å². The number of rotatable bonds is 5. The van der Waals surface area contributed by atoms with Crippen LogP contribution in [0, 0.1) is 18.7 Å². The fourth-order valence-corrected chi connectivity index (χ4v) is 4.16. The van der Waals surface area contributed by atoms with Gasteiger partial charge in [0.05, 0.1) is 41.1 Å². The lowest BCUT2D eigenvalue weighted by Gasteiger charge is -2.38. The van der Waals surface area contributed by atoms with Crippen LogP contribution in [0.5, 0.6) is 0 Å². The zero-order valence-electron chi connectivity index (χ0n) is 18.2. The number of aromatic amines is 1. The molecule has 0 spiro atoms. The van der Waals surface area contributed by atoms with Crippen molar-refractivity contribution in [2.75, 3.05) is 12.3 Å². The monoisotopic (exact) mass is 436 g/mol. The number of aryl methyl sites for hydroxylation is 1. The second-order valence-electron chi connectivity index (χ2n) is 8.43. The fraction of sp³-hybridized carbons (Fsp3) is 0.348. The smallest absolute Gasteiger partial charge is 0.266 e. The molecule has 166 valence electrons. The molecule has 0 saturated heterocycles. The Labute approximate surface area is 184 Å². The number of hydrogen-bond donors (Lipinski definition) is 2. The molecule has 3 heterocycles. The molecule has 32 heavy (non-hydrogen) atoms. The maximum atomic E-state index is 14.2. The van der Waals surface area contributed by atoms with Crippen molar-refractivity contribution in [1.29, 1.82) is 0 Å². The van der Waals surface area contributed by atoms with Crippen LogP contribution in [-0.4, -0.2) is 37.3 Å². The molecule has 0 saturated carbocycles. The summed E-state index contributed by atoms with van der Waals surface area (Å²) in [7, 11) is 0. The molecule has 1 aliphatic heterocycles. The minimum absolute atomic E-state index is 0.111. The highest BCUT2D eigenvalue weighted by atomic mass is 19.1. The Hall–Kier alpha value is -3.62. The minimum Gasteiger partial charge on any atom is -0.368 e. The van der Waals surface area contributed by atoms with Crippen molar-refractivity contribution in [3.8, 4) is 11.3 Å². The van der Waals surface area contributed by atoms with Gasteiger partial charge in [-0.15, -0.1) is 0 Å². The molecular formula is C23H25FN6O2. The summed E-state index contributed by atoms with van der Waals surface area (Å²) in [6.07, 6.45) is 3.82. The van der Waals surface area contributed by atoms with Gasteiger partial charge in [0.1, 0.15) is 5.82 Å². The molecule has 8 nitrogen and oxygen atoms in total. The molecule has 4 rings (SSSR count). The highest BCUT2D eigenvalue weighted by Crippen LogP contribution is 2.38. The normalized spacial score (nSPS) is 15.8. The Bertz CT molecular complexity index is 1240. The molecule has 2 aromatic heterocycles. The molecule has 0 fully saturated rings. The molecule has 9 heteroatoms. The van der Waals surface area contributed by atoms with Crippen LogP contribution in [0.4, 0.5) is 10.3 Å². The average Bonchev–Trinajstić information content (AvgIpc) is 2.72. The van der Waals surface area contributed by atoms with E-state index in [1.165, 1.54) is 18.3 Å². The SMILES string of the molecule is Cc1nc(N)nc2c1C(=O)N(CCC(C)C)C(c1ccc(F)cc1-c1cncc(=O)[nH]1)C2. The number of anilines is 1. The summed E-state index contributed by atoms with van der Waals surface area (Å²) in [4.78, 5) is 42.4. The number of amides is 1. The zero-order chi connectivity index (χ0) is 23.0. The number of carbonyl (C=O) groups is 1. The van der Waals surface area contributed by atoms with Crippen LogP contribution in [0.2, 0.25) is 0 Å². The van der Waals surface area contributed by atoms with Crippen LogP contribution in [0.15, 0.2) is 35.4 Å². The Balaban J connectivity index is 1.88. The first kappa shape index (κ1) is 21.6. The number of nitrogens with one attached hydrogen (secondary N) is 1. The van der Waals surface area contributed by atoms with Gasteiger partial charge in [0.25, 0.3) is 11.5 Å². The fourth-order valence-electron chi connectivity index (χ4n) is 4.16. The van der Waals surface area contributed by atoms with Crippen LogP contribution in [0.1, 0.15) is 53.6 Å². The molecule has 1 atom stereocenters. The lowest BCUT2D eigenvalue weighted by atomic mass is 9.88. The Morgan fingerprint density at radius 2 is 2.03 bits per heavy atom. The molecule has 0 radical (unpaired) electrons. The van der Waals surface area contributed by atoms with Gasteiger partial charge in [0, 0.05) is 18.5 Å². The van der Waals surface area contributed by atoms with Crippen molar-refractivity contribution in [3.63, 3.8) is 0 Å². The number of hydrogen-bond acceptors (Lipinski definition) is 6. The van der Waals surface area contributed by atoms with E-state index in [1.807, 2.05) is 0 Å². The summed E-state index contributed by atoms with van der Waals surface area (Å²) < 4.78 is 14.2. The molecule has 1 amide bonds. The average molecular weight is 436 g/mol. The molecular weight excluding hydrogens is 411 g/mol. The van der Waals surface area contributed by atoms with Crippen LogP contribution in [0.25, 0.3) is 11.3 Å². The molecule has 0 aliphatic carbocycles. The predicted molar refractivity (Wildman–Crippen MR) is 118 cm³/mol. The first-order valence-electron chi connectivity index (χ1n) is 10.5. The zero-order valence-corrected chi connectivity index (χ0v) is 18.2. The van der Waals surface area contributed by atoms with Gasteiger partial charge >= 0.3 is 0 Å². The van der Waals surface area contributed by atoms with E-state index in [4.69, 9.17) is 5.73 Å². The van der Waals surface area contributed by atoms with Gasteiger partial charge in [-0.25, -0.2) is 14.4 Å². The van der Waals surface area contributed by atoms with Crippen molar-refractivity contribution in [2.45, 2.75) is 39.7 Å². The summed E-state index contributed by atoms with van der Waals surface area (Å²) in [5.41, 5.74) is 8.61. The van der Waals surface area contributed by atoms with Gasteiger partial charge in [-0.2, -0.15) is 0 Å². The maximum Gasteiger partial charge on any atom is 0.266 e. The minimum atomic E-state index is -0.452. The topological polar surface area (TPSA) is 118 Å². The quantitative estimate of drug-likeness (QED) is 0.635. The van der Waals surface area contributed by atoms with E-state index >= 15 is 0 Å². The van der Waals surface area contributed by atoms with Crippen LogP contribution >= 0.6 is 0 Å². The second kappa shape index (κ2) is 8.49. The first-order valence-corrected chi connectivity index (χ1v) is 10.5. The summed E-state index contributed by atoms with van der Waals surface area (Å²) >= 11 is 0. The van der Waals surface area contributed by atoms with E-state index in [-0.39, 0.29) is 11.9 Å². The van der Waals surface area contributed by atoms with Crippen LogP contribution in [-0.2, 0) is 6.42 Å². The van der Waals surface area contributed by atoms with Crippen molar-refractivity contribution in [3.05, 3.63) is 69.3 Å². The van der Waals surface area contributed by atoms with Gasteiger partial charge in [-0.3, -0.25) is 14.6 Å². The lowest BCUT2D eigenvalue weighted by Crippen LogP contribution is -2.42. The summed E-state index contributed by atoms with van der Waals surface area (Å²) in [6.45, 7) is 6.45. The Kier molecular flexibility index (Phi) is 5.73. The molecule has 3 N–H and O–H groups in total. The molecule has 1 aliphatic rings. The van der Waals surface area contributed by atoms with Crippen molar-refractivity contribution < 1.29 is 9.18 Å². The largest absolute Gasteiger partial charge is 0.368 e. The van der Waals surface area contributed by atoms with Gasteiger partial charge < -0.3 is 15.6 Å². The maximum absolute atomic E-state index is 14.2. The number of fused-ring (bicyclic) bond motifs is 1. The van der Waals surface area contributed by atoms with Crippen LogP contribution < -0.4 is 11.3 Å². The summed E-state index contributed by atoms with van der Waals surface area (Å²) in [5, 5.41) is 0. The van der Waals surface area contributed by atoms with Crippen LogP contribution in [0.3, 0.4) is 0 Å². The van der Waals surface area contributed by atoms with Crippen molar-refractivity contribution >= 4 is 11.9 Å². The number of carbonyl (C=O) groups excluding carboxylic acids is 1. The number of nitrogens with two attached hydrogens (primary N) is 1. The second-order valence-corrected chi connectivity index (χ2v) is 8.43. The predicted octanol–water partition coefficient (Wildman–Crippen LogP) is 3.04. The Morgan fingerprint density at radius 1 is 1.25 bits per heavy atom. The number of halogens is 1. The van der Waals surface area contributed by atoms with E-state index in [9.17, 15) is 14.0 Å². The number of nitrogen functional groups attached to an aromatic ring is 1. The third-order valence-corrected chi connectivity index (χ3v) is 5.68. The highest BCUT2D eigenvalue weighted by molar-refractivity contribution is 5.98. The van der Waals surface area contributed by atoms with Gasteiger partial charge in [-0.05, 0) is 37.0 Å². The van der Waals surface area contributed by atoms with Gasteiger partial charge in [-0.1, -0.05) is 19.9 Å². The van der Waals surface area contributed by atoms with Gasteiger partial charge in [0.15, 0.2) is 0 Å². The number of nitrogens with zero attached hydrogens (tertiary/aromatic N) is 4. The van der Waals surface area contributed by atoms with Crippen molar-refractivity contribution in [1.82, 2.24) is 24.8 Å². The number of aromatic nitrogens is 4.